The third-order valence-electron chi connectivity index (χ3n) is 1.88. The van der Waals surface area contributed by atoms with E-state index in [1.165, 1.54) is 0 Å². The van der Waals surface area contributed by atoms with Crippen LogP contribution in [0, 0.1) is 0 Å². The Morgan fingerprint density at radius 2 is 2.15 bits per heavy atom. The van der Waals surface area contributed by atoms with Gasteiger partial charge in [0, 0.05) is 11.6 Å². The number of hydrogen-bond donors (Lipinski definition) is 1. The summed E-state index contributed by atoms with van der Waals surface area (Å²) < 4.78 is 1.75. The van der Waals surface area contributed by atoms with Gasteiger partial charge in [-0.3, -0.25) is 4.68 Å². The first-order valence-corrected chi connectivity index (χ1v) is 4.87. The molecule has 0 fully saturated rings. The molecule has 0 aliphatic heterocycles. The van der Waals surface area contributed by atoms with Crippen LogP contribution in [-0.2, 0) is 6.54 Å². The molecule has 0 radical (unpaired) electrons. The Balaban J connectivity index is 2.86. The van der Waals surface area contributed by atoms with Gasteiger partial charge in [-0.05, 0) is 12.8 Å². The molecule has 0 bridgehead atoms. The second-order valence-electron chi connectivity index (χ2n) is 3.70. The van der Waals surface area contributed by atoms with Gasteiger partial charge in [0.15, 0.2) is 0 Å². The van der Waals surface area contributed by atoms with Crippen molar-refractivity contribution in [3.05, 3.63) is 16.9 Å². The molecular weight excluding hydrogens is 186 g/mol. The highest BCUT2D eigenvalue weighted by molar-refractivity contribution is 6.30. The van der Waals surface area contributed by atoms with E-state index in [0.29, 0.717) is 17.6 Å². The van der Waals surface area contributed by atoms with E-state index in [4.69, 9.17) is 17.3 Å². The molecule has 2 N–H and O–H groups in total. The maximum absolute atomic E-state index is 6.11. The minimum Gasteiger partial charge on any atom is -0.326 e. The lowest BCUT2D eigenvalue weighted by Crippen LogP contribution is -2.22. The molecule has 1 unspecified atom stereocenters. The number of aromatic nitrogens is 2. The molecule has 0 saturated carbocycles. The van der Waals surface area contributed by atoms with Crippen LogP contribution in [0.3, 0.4) is 0 Å². The summed E-state index contributed by atoms with van der Waals surface area (Å²) in [5, 5.41) is 4.90. The van der Waals surface area contributed by atoms with Crippen molar-refractivity contribution in [1.29, 1.82) is 0 Å². The van der Waals surface area contributed by atoms with Crippen LogP contribution >= 0.6 is 11.6 Å². The highest BCUT2D eigenvalue weighted by Gasteiger charge is 2.11. The summed E-state index contributed by atoms with van der Waals surface area (Å²) in [5.74, 6) is 0.411. The molecule has 4 heteroatoms. The summed E-state index contributed by atoms with van der Waals surface area (Å²) in [4.78, 5) is 0. The molecule has 0 amide bonds. The van der Waals surface area contributed by atoms with Crippen molar-refractivity contribution in [3.8, 4) is 0 Å². The molecule has 1 atom stereocenters. The Morgan fingerprint density at radius 1 is 1.54 bits per heavy atom. The maximum atomic E-state index is 6.11. The summed E-state index contributed by atoms with van der Waals surface area (Å²) in [5.41, 5.74) is 6.74. The third-order valence-corrected chi connectivity index (χ3v) is 2.30. The molecule has 74 valence electrons. The van der Waals surface area contributed by atoms with Crippen molar-refractivity contribution in [1.82, 2.24) is 9.78 Å². The Bertz CT molecular complexity index is 278. The molecule has 0 aliphatic rings. The normalized spacial score (nSPS) is 13.7. The average molecular weight is 202 g/mol. The van der Waals surface area contributed by atoms with Crippen molar-refractivity contribution in [3.63, 3.8) is 0 Å². The monoisotopic (exact) mass is 201 g/mol. The Kier molecular flexibility index (Phi) is 3.33. The van der Waals surface area contributed by atoms with Crippen LogP contribution in [0.4, 0.5) is 0 Å². The smallest absolute Gasteiger partial charge is 0.130 e. The molecule has 3 nitrogen and oxygen atoms in total. The van der Waals surface area contributed by atoms with Gasteiger partial charge in [-0.1, -0.05) is 25.4 Å². The van der Waals surface area contributed by atoms with Gasteiger partial charge in [0.25, 0.3) is 0 Å². The van der Waals surface area contributed by atoms with Gasteiger partial charge in [0.05, 0.1) is 12.7 Å². The predicted octanol–water partition coefficient (Wildman–Crippen LogP) is 2.01. The molecule has 1 aromatic heterocycles. The van der Waals surface area contributed by atoms with Crippen LogP contribution in [0.2, 0.25) is 5.15 Å². The van der Waals surface area contributed by atoms with Crippen molar-refractivity contribution in [2.24, 2.45) is 5.73 Å². The summed E-state index contributed by atoms with van der Waals surface area (Å²) in [6, 6.07) is 0.0809. The zero-order valence-corrected chi connectivity index (χ0v) is 9.04. The van der Waals surface area contributed by atoms with Crippen LogP contribution in [0.25, 0.3) is 0 Å². The van der Waals surface area contributed by atoms with Gasteiger partial charge in [0.1, 0.15) is 5.15 Å². The standard InChI is InChI=1S/C9H16ClN3/c1-6(2)8-4-12-13(9(8)10)5-7(3)11/h4,6-7H,5,11H2,1-3H3. The molecule has 0 aromatic carbocycles. The average Bonchev–Trinajstić information content (AvgIpc) is 2.32. The topological polar surface area (TPSA) is 43.8 Å². The zero-order chi connectivity index (χ0) is 10.0. The lowest BCUT2D eigenvalue weighted by molar-refractivity contribution is 0.538. The number of rotatable bonds is 3. The first-order valence-electron chi connectivity index (χ1n) is 4.49. The number of nitrogens with two attached hydrogens (primary N) is 1. The minimum absolute atomic E-state index is 0.0809. The molecular formula is C9H16ClN3. The van der Waals surface area contributed by atoms with Crippen LogP contribution in [-0.4, -0.2) is 15.8 Å². The molecule has 0 aliphatic carbocycles. The van der Waals surface area contributed by atoms with E-state index in [1.54, 1.807) is 4.68 Å². The fraction of sp³-hybridized carbons (Fsp3) is 0.667. The molecule has 1 heterocycles. The van der Waals surface area contributed by atoms with Crippen LogP contribution < -0.4 is 5.73 Å². The Labute approximate surface area is 83.9 Å². The fourth-order valence-electron chi connectivity index (χ4n) is 1.17. The summed E-state index contributed by atoms with van der Waals surface area (Å²) in [7, 11) is 0. The van der Waals surface area contributed by atoms with Gasteiger partial charge >= 0.3 is 0 Å². The lowest BCUT2D eigenvalue weighted by atomic mass is 10.1. The lowest BCUT2D eigenvalue weighted by Gasteiger charge is -2.07. The van der Waals surface area contributed by atoms with Gasteiger partial charge in [-0.2, -0.15) is 5.10 Å². The molecule has 0 saturated heterocycles. The second-order valence-corrected chi connectivity index (χ2v) is 4.06. The van der Waals surface area contributed by atoms with E-state index in [2.05, 4.69) is 18.9 Å². The third kappa shape index (κ3) is 2.45. The van der Waals surface area contributed by atoms with Crippen molar-refractivity contribution in [2.75, 3.05) is 0 Å². The first kappa shape index (κ1) is 10.5. The van der Waals surface area contributed by atoms with Gasteiger partial charge in [-0.25, -0.2) is 0 Å². The van der Waals surface area contributed by atoms with Crippen LogP contribution in [0.1, 0.15) is 32.3 Å². The SMILES string of the molecule is CC(N)Cn1ncc(C(C)C)c1Cl. The van der Waals surface area contributed by atoms with E-state index in [1.807, 2.05) is 13.1 Å². The summed E-state index contributed by atoms with van der Waals surface area (Å²) in [6.07, 6.45) is 1.81. The second kappa shape index (κ2) is 4.11. The molecule has 0 spiro atoms. The van der Waals surface area contributed by atoms with Crippen LogP contribution in [0.15, 0.2) is 6.20 Å². The Morgan fingerprint density at radius 3 is 2.54 bits per heavy atom. The van der Waals surface area contributed by atoms with E-state index in [-0.39, 0.29) is 6.04 Å². The largest absolute Gasteiger partial charge is 0.326 e. The summed E-state index contributed by atoms with van der Waals surface area (Å²) >= 11 is 6.11. The van der Waals surface area contributed by atoms with Gasteiger partial charge in [0.2, 0.25) is 0 Å². The predicted molar refractivity (Wildman–Crippen MR) is 55.0 cm³/mol. The summed E-state index contributed by atoms with van der Waals surface area (Å²) in [6.45, 7) is 6.80. The number of halogens is 1. The zero-order valence-electron chi connectivity index (χ0n) is 8.29. The molecule has 1 rings (SSSR count). The molecule has 1 aromatic rings. The number of hydrogen-bond acceptors (Lipinski definition) is 2. The first-order chi connectivity index (χ1) is 6.02. The highest BCUT2D eigenvalue weighted by atomic mass is 35.5. The van der Waals surface area contributed by atoms with E-state index in [9.17, 15) is 0 Å². The molecule has 13 heavy (non-hydrogen) atoms. The van der Waals surface area contributed by atoms with Crippen molar-refractivity contribution < 1.29 is 0 Å². The van der Waals surface area contributed by atoms with Crippen LogP contribution in [0.5, 0.6) is 0 Å². The minimum atomic E-state index is 0.0809. The highest BCUT2D eigenvalue weighted by Crippen LogP contribution is 2.23. The van der Waals surface area contributed by atoms with E-state index < -0.39 is 0 Å². The maximum Gasteiger partial charge on any atom is 0.130 e. The van der Waals surface area contributed by atoms with Crippen molar-refractivity contribution in [2.45, 2.75) is 39.3 Å². The van der Waals surface area contributed by atoms with Gasteiger partial charge < -0.3 is 5.73 Å². The quantitative estimate of drug-likeness (QED) is 0.813. The van der Waals surface area contributed by atoms with E-state index in [0.717, 1.165) is 5.56 Å². The number of nitrogens with zero attached hydrogens (tertiary/aromatic N) is 2. The fourth-order valence-corrected chi connectivity index (χ4v) is 1.55. The van der Waals surface area contributed by atoms with E-state index >= 15 is 0 Å². The van der Waals surface area contributed by atoms with Crippen molar-refractivity contribution >= 4 is 11.6 Å². The Hall–Kier alpha value is -0.540. The van der Waals surface area contributed by atoms with Gasteiger partial charge in [-0.15, -0.1) is 0 Å².